The Morgan fingerprint density at radius 1 is 1.38 bits per heavy atom. The number of rotatable bonds is 3. The minimum Gasteiger partial charge on any atom is -0.390 e. The number of nitrogens with two attached hydrogens (primary N) is 1. The van der Waals surface area contributed by atoms with Crippen LogP contribution >= 0.6 is 12.2 Å². The van der Waals surface area contributed by atoms with Crippen LogP contribution in [-0.2, 0) is 6.54 Å². The number of fused-ring (bicyclic) bond motifs is 1. The molecule has 1 saturated carbocycles. The van der Waals surface area contributed by atoms with E-state index < -0.39 is 5.60 Å². The number of nitrogens with zero attached hydrogens (tertiary/aromatic N) is 1. The summed E-state index contributed by atoms with van der Waals surface area (Å²) in [6, 6.07) is 8.19. The summed E-state index contributed by atoms with van der Waals surface area (Å²) in [4.78, 5) is 2.92. The van der Waals surface area contributed by atoms with E-state index in [1.54, 1.807) is 0 Å². The van der Waals surface area contributed by atoms with Crippen LogP contribution in [0.5, 0.6) is 0 Å². The first-order valence-corrected chi connectivity index (χ1v) is 8.31. The molecule has 21 heavy (non-hydrogen) atoms. The van der Waals surface area contributed by atoms with Gasteiger partial charge in [-0.1, -0.05) is 43.3 Å². The zero-order valence-corrected chi connectivity index (χ0v) is 13.2. The fourth-order valence-corrected chi connectivity index (χ4v) is 3.99. The van der Waals surface area contributed by atoms with Gasteiger partial charge < -0.3 is 10.8 Å². The monoisotopic (exact) mass is 304 g/mol. The number of aliphatic hydroxyl groups is 1. The maximum atomic E-state index is 10.7. The quantitative estimate of drug-likeness (QED) is 0.842. The molecule has 2 fully saturated rings. The maximum absolute atomic E-state index is 10.7. The first-order valence-electron chi connectivity index (χ1n) is 7.90. The van der Waals surface area contributed by atoms with Gasteiger partial charge in [0.2, 0.25) is 0 Å². The molecule has 2 unspecified atom stereocenters. The third-order valence-electron chi connectivity index (χ3n) is 5.13. The molecule has 0 spiro atoms. The molecule has 1 saturated heterocycles. The molecule has 2 atom stereocenters. The van der Waals surface area contributed by atoms with E-state index in [-0.39, 0.29) is 0 Å². The van der Waals surface area contributed by atoms with Crippen molar-refractivity contribution in [1.29, 1.82) is 0 Å². The Morgan fingerprint density at radius 2 is 2.24 bits per heavy atom. The van der Waals surface area contributed by atoms with E-state index >= 15 is 0 Å². The second-order valence-corrected chi connectivity index (χ2v) is 7.04. The first kappa shape index (κ1) is 14.9. The van der Waals surface area contributed by atoms with Gasteiger partial charge in [0.15, 0.2) is 0 Å². The van der Waals surface area contributed by atoms with Crippen molar-refractivity contribution in [2.75, 3.05) is 13.1 Å². The van der Waals surface area contributed by atoms with E-state index in [0.29, 0.717) is 10.9 Å². The van der Waals surface area contributed by atoms with Crippen LogP contribution in [0, 0.1) is 5.92 Å². The van der Waals surface area contributed by atoms with Crippen LogP contribution in [0.2, 0.25) is 0 Å². The summed E-state index contributed by atoms with van der Waals surface area (Å²) in [7, 11) is 0. The third kappa shape index (κ3) is 3.28. The van der Waals surface area contributed by atoms with Gasteiger partial charge in [0.05, 0.1) is 5.60 Å². The summed E-state index contributed by atoms with van der Waals surface area (Å²) in [5, 5.41) is 10.7. The molecule has 0 aromatic heterocycles. The highest BCUT2D eigenvalue weighted by Gasteiger charge is 2.42. The molecule has 0 amide bonds. The van der Waals surface area contributed by atoms with Gasteiger partial charge in [-0.05, 0) is 30.9 Å². The Morgan fingerprint density at radius 3 is 3.05 bits per heavy atom. The van der Waals surface area contributed by atoms with Crippen molar-refractivity contribution in [1.82, 2.24) is 4.90 Å². The summed E-state index contributed by atoms with van der Waals surface area (Å²) in [5.74, 6) is 0.443. The smallest absolute Gasteiger partial charge is 0.103 e. The van der Waals surface area contributed by atoms with Crippen molar-refractivity contribution in [3.05, 3.63) is 35.4 Å². The van der Waals surface area contributed by atoms with E-state index in [1.165, 1.54) is 24.8 Å². The number of likely N-dealkylation sites (tertiary alicyclic amines) is 1. The number of hydrogen-bond acceptors (Lipinski definition) is 3. The molecule has 0 bridgehead atoms. The van der Waals surface area contributed by atoms with Gasteiger partial charge in [-0.25, -0.2) is 0 Å². The molecule has 2 aliphatic rings. The lowest BCUT2D eigenvalue weighted by Crippen LogP contribution is -2.52. The van der Waals surface area contributed by atoms with Gasteiger partial charge in [0, 0.05) is 31.1 Å². The highest BCUT2D eigenvalue weighted by atomic mass is 32.1. The van der Waals surface area contributed by atoms with Crippen LogP contribution in [-0.4, -0.2) is 33.7 Å². The van der Waals surface area contributed by atoms with Crippen LogP contribution in [0.4, 0.5) is 0 Å². The van der Waals surface area contributed by atoms with Crippen LogP contribution in [0.1, 0.15) is 43.2 Å². The predicted molar refractivity (Wildman–Crippen MR) is 89.1 cm³/mol. The predicted octanol–water partition coefficient (Wildman–Crippen LogP) is 2.45. The molecule has 1 aromatic rings. The molecule has 114 valence electrons. The number of piperidine rings is 1. The fraction of sp³-hybridized carbons (Fsp3) is 0.588. The molecular weight excluding hydrogens is 280 g/mol. The lowest BCUT2D eigenvalue weighted by Gasteiger charge is -2.47. The summed E-state index contributed by atoms with van der Waals surface area (Å²) in [6.45, 7) is 2.90. The third-order valence-corrected chi connectivity index (χ3v) is 5.37. The highest BCUT2D eigenvalue weighted by Crippen LogP contribution is 2.40. The van der Waals surface area contributed by atoms with E-state index in [2.05, 4.69) is 17.0 Å². The zero-order valence-electron chi connectivity index (χ0n) is 12.4. The van der Waals surface area contributed by atoms with Crippen molar-refractivity contribution in [2.45, 2.75) is 44.2 Å². The van der Waals surface area contributed by atoms with Crippen molar-refractivity contribution in [3.8, 4) is 0 Å². The Kier molecular flexibility index (Phi) is 4.29. The second kappa shape index (κ2) is 6.03. The molecule has 4 heteroatoms. The molecule has 1 heterocycles. The number of hydrogen-bond donors (Lipinski definition) is 2. The summed E-state index contributed by atoms with van der Waals surface area (Å²) in [5.41, 5.74) is 7.50. The number of thiocarbonyl (C=S) groups is 1. The van der Waals surface area contributed by atoms with Crippen molar-refractivity contribution >= 4 is 17.2 Å². The molecule has 1 aromatic carbocycles. The largest absolute Gasteiger partial charge is 0.390 e. The van der Waals surface area contributed by atoms with Crippen molar-refractivity contribution in [2.24, 2.45) is 11.7 Å². The zero-order chi connectivity index (χ0) is 14.9. The Balaban J connectivity index is 1.66. The van der Waals surface area contributed by atoms with Gasteiger partial charge in [0.25, 0.3) is 0 Å². The van der Waals surface area contributed by atoms with Crippen molar-refractivity contribution in [3.63, 3.8) is 0 Å². The average Bonchev–Trinajstić information content (AvgIpc) is 2.48. The summed E-state index contributed by atoms with van der Waals surface area (Å²) < 4.78 is 0. The SMILES string of the molecule is NC(=S)c1cccc(CN2CCC3(O)CCCCC3C2)c1. The molecular formula is C17H24N2OS. The lowest BCUT2D eigenvalue weighted by atomic mass is 9.71. The number of benzene rings is 1. The minimum absolute atomic E-state index is 0.393. The maximum Gasteiger partial charge on any atom is 0.103 e. The molecule has 0 radical (unpaired) electrons. The van der Waals surface area contributed by atoms with Gasteiger partial charge in [-0.3, -0.25) is 4.90 Å². The molecule has 1 aliphatic carbocycles. The summed E-state index contributed by atoms with van der Waals surface area (Å²) >= 11 is 5.05. The van der Waals surface area contributed by atoms with Crippen molar-refractivity contribution < 1.29 is 5.11 Å². The van der Waals surface area contributed by atoms with E-state index in [9.17, 15) is 5.11 Å². The average molecular weight is 304 g/mol. The van der Waals surface area contributed by atoms with Gasteiger partial charge >= 0.3 is 0 Å². The summed E-state index contributed by atoms with van der Waals surface area (Å²) in [6.07, 6.45) is 5.51. The lowest BCUT2D eigenvalue weighted by molar-refractivity contribution is -0.0967. The van der Waals surface area contributed by atoms with Gasteiger partial charge in [-0.15, -0.1) is 0 Å². The Labute approximate surface area is 132 Å². The van der Waals surface area contributed by atoms with Crippen LogP contribution in [0.3, 0.4) is 0 Å². The highest BCUT2D eigenvalue weighted by molar-refractivity contribution is 7.80. The Hall–Kier alpha value is -0.970. The van der Waals surface area contributed by atoms with Gasteiger partial charge in [-0.2, -0.15) is 0 Å². The second-order valence-electron chi connectivity index (χ2n) is 6.60. The van der Waals surface area contributed by atoms with Gasteiger partial charge in [0.1, 0.15) is 4.99 Å². The molecule has 1 aliphatic heterocycles. The van der Waals surface area contributed by atoms with E-state index in [1.807, 2.05) is 12.1 Å². The van der Waals surface area contributed by atoms with Crippen LogP contribution in [0.25, 0.3) is 0 Å². The first-order chi connectivity index (χ1) is 10.1. The van der Waals surface area contributed by atoms with E-state index in [4.69, 9.17) is 18.0 Å². The molecule has 3 nitrogen and oxygen atoms in total. The minimum atomic E-state index is -0.393. The molecule has 3 N–H and O–H groups in total. The molecule has 3 rings (SSSR count). The van der Waals surface area contributed by atoms with E-state index in [0.717, 1.165) is 38.0 Å². The normalized spacial score (nSPS) is 29.9. The van der Waals surface area contributed by atoms with Crippen LogP contribution < -0.4 is 5.73 Å². The van der Waals surface area contributed by atoms with Crippen LogP contribution in [0.15, 0.2) is 24.3 Å². The standard InChI is InChI=1S/C17H24N2OS/c18-16(21)14-5-3-4-13(10-14)11-19-9-8-17(20)7-2-1-6-15(17)12-19/h3-5,10,15,20H,1-2,6-9,11-12H2,(H2,18,21). The fourth-order valence-electron chi connectivity index (χ4n) is 3.86. The Bertz CT molecular complexity index is 533. The topological polar surface area (TPSA) is 49.5 Å².